The van der Waals surface area contributed by atoms with Gasteiger partial charge in [0.05, 0.1) is 0 Å². The third-order valence-electron chi connectivity index (χ3n) is 1.76. The van der Waals surface area contributed by atoms with Gasteiger partial charge >= 0.3 is 0 Å². The molecule has 2 radical (unpaired) electrons. The van der Waals surface area contributed by atoms with Gasteiger partial charge in [-0.3, -0.25) is 0 Å². The van der Waals surface area contributed by atoms with Crippen LogP contribution in [0.1, 0.15) is 0 Å². The summed E-state index contributed by atoms with van der Waals surface area (Å²) in [5.41, 5.74) is 0. The molecule has 18 heavy (non-hydrogen) atoms. The van der Waals surface area contributed by atoms with Crippen LogP contribution in [0, 0.1) is 0 Å². The molecule has 0 saturated carbocycles. The van der Waals surface area contributed by atoms with Gasteiger partial charge in [0, 0.05) is 34.1 Å². The third kappa shape index (κ3) is 6.42. The van der Waals surface area contributed by atoms with E-state index < -0.39 is 0 Å². The van der Waals surface area contributed by atoms with Gasteiger partial charge in [0.2, 0.25) is 0 Å². The van der Waals surface area contributed by atoms with Crippen LogP contribution in [0.15, 0.2) is 48.5 Å². The Morgan fingerprint density at radius 2 is 0.611 bits per heavy atom. The minimum Gasteiger partial charge on any atom is -0.504 e. The van der Waals surface area contributed by atoms with Crippen LogP contribution in [0.3, 0.4) is 0 Å². The van der Waals surface area contributed by atoms with Crippen LogP contribution >= 0.6 is 0 Å². The largest absolute Gasteiger partial charge is 0.504 e. The molecule has 0 fully saturated rings. The Kier molecular flexibility index (Phi) is 10.2. The minimum atomic E-state index is -0.0764. The molecule has 106 valence electrons. The molecule has 2 rings (SSSR count). The van der Waals surface area contributed by atoms with Crippen molar-refractivity contribution in [3.63, 3.8) is 0 Å². The molecular formula is C12H12Cu2O4. The fourth-order valence-corrected chi connectivity index (χ4v) is 0.928. The fraction of sp³-hybridized carbons (Fsp3) is 0. The first-order valence-electron chi connectivity index (χ1n) is 4.55. The molecule has 0 atom stereocenters. The van der Waals surface area contributed by atoms with E-state index in [2.05, 4.69) is 0 Å². The quantitative estimate of drug-likeness (QED) is 0.435. The van der Waals surface area contributed by atoms with Gasteiger partial charge in [-0.1, -0.05) is 24.3 Å². The first-order valence-corrected chi connectivity index (χ1v) is 4.55. The number of hydrogen-bond donors (Lipinski definition) is 4. The van der Waals surface area contributed by atoms with E-state index >= 15 is 0 Å². The minimum absolute atomic E-state index is 0. The molecule has 0 amide bonds. The molecule has 0 aliphatic carbocycles. The van der Waals surface area contributed by atoms with Gasteiger partial charge in [-0.25, -0.2) is 0 Å². The van der Waals surface area contributed by atoms with Crippen LogP contribution in [0.4, 0.5) is 0 Å². The predicted molar refractivity (Wildman–Crippen MR) is 59.5 cm³/mol. The Bertz CT molecular complexity index is 378. The number of rotatable bonds is 0. The van der Waals surface area contributed by atoms with E-state index in [0.29, 0.717) is 0 Å². The zero-order valence-electron chi connectivity index (χ0n) is 9.01. The van der Waals surface area contributed by atoms with Crippen molar-refractivity contribution in [2.45, 2.75) is 0 Å². The van der Waals surface area contributed by atoms with Gasteiger partial charge in [-0.05, 0) is 24.3 Å². The fourth-order valence-electron chi connectivity index (χ4n) is 0.928. The van der Waals surface area contributed by atoms with E-state index in [1.165, 1.54) is 24.3 Å². The Morgan fingerprint density at radius 1 is 0.444 bits per heavy atom. The summed E-state index contributed by atoms with van der Waals surface area (Å²) in [6.07, 6.45) is 0. The van der Waals surface area contributed by atoms with Gasteiger partial charge in [-0.15, -0.1) is 0 Å². The summed E-state index contributed by atoms with van der Waals surface area (Å²) in [4.78, 5) is 0. The summed E-state index contributed by atoms with van der Waals surface area (Å²) in [6.45, 7) is 0. The number of phenolic OH excluding ortho intramolecular Hbond substituents is 4. The second-order valence-electron chi connectivity index (χ2n) is 2.98. The zero-order valence-corrected chi connectivity index (χ0v) is 10.9. The summed E-state index contributed by atoms with van der Waals surface area (Å²) in [7, 11) is 0. The molecule has 2 aromatic carbocycles. The van der Waals surface area contributed by atoms with Gasteiger partial charge in [0.15, 0.2) is 23.0 Å². The molecule has 0 aliphatic rings. The molecule has 0 aromatic heterocycles. The van der Waals surface area contributed by atoms with E-state index in [1.54, 1.807) is 24.3 Å². The average molecular weight is 347 g/mol. The Labute approximate surface area is 126 Å². The molecule has 0 aliphatic heterocycles. The first kappa shape index (κ1) is 19.0. The van der Waals surface area contributed by atoms with Gasteiger partial charge in [0.25, 0.3) is 0 Å². The van der Waals surface area contributed by atoms with Crippen molar-refractivity contribution >= 4 is 0 Å². The normalized spacial score (nSPS) is 8.00. The van der Waals surface area contributed by atoms with Crippen molar-refractivity contribution in [2.75, 3.05) is 0 Å². The van der Waals surface area contributed by atoms with Gasteiger partial charge in [-0.2, -0.15) is 0 Å². The van der Waals surface area contributed by atoms with Crippen LogP contribution in [-0.2, 0) is 34.1 Å². The van der Waals surface area contributed by atoms with E-state index in [-0.39, 0.29) is 57.1 Å². The molecule has 0 bridgehead atoms. The van der Waals surface area contributed by atoms with Crippen molar-refractivity contribution in [3.8, 4) is 23.0 Å². The Morgan fingerprint density at radius 3 is 0.722 bits per heavy atom. The van der Waals surface area contributed by atoms with Crippen molar-refractivity contribution < 1.29 is 54.6 Å². The number of benzene rings is 2. The maximum Gasteiger partial charge on any atom is 0.157 e. The molecule has 0 spiro atoms. The molecule has 6 heteroatoms. The second-order valence-corrected chi connectivity index (χ2v) is 2.98. The first-order chi connectivity index (χ1) is 7.61. The van der Waals surface area contributed by atoms with Crippen molar-refractivity contribution in [2.24, 2.45) is 0 Å². The van der Waals surface area contributed by atoms with E-state index in [0.717, 1.165) is 0 Å². The van der Waals surface area contributed by atoms with Crippen molar-refractivity contribution in [1.29, 1.82) is 0 Å². The molecule has 0 unspecified atom stereocenters. The van der Waals surface area contributed by atoms with Crippen LogP contribution in [0.5, 0.6) is 23.0 Å². The third-order valence-corrected chi connectivity index (χ3v) is 1.76. The number of hydrogen-bond acceptors (Lipinski definition) is 4. The maximum atomic E-state index is 8.67. The second kappa shape index (κ2) is 9.68. The van der Waals surface area contributed by atoms with Crippen LogP contribution < -0.4 is 0 Å². The SMILES string of the molecule is Oc1ccccc1O.Oc1ccccc1O.[Cu].[Cu]. The van der Waals surface area contributed by atoms with Crippen molar-refractivity contribution in [1.82, 2.24) is 0 Å². The van der Waals surface area contributed by atoms with E-state index in [1.807, 2.05) is 0 Å². The van der Waals surface area contributed by atoms with Crippen LogP contribution in [-0.4, -0.2) is 20.4 Å². The Balaban J connectivity index is 0. The summed E-state index contributed by atoms with van der Waals surface area (Å²) in [5.74, 6) is -0.306. The average Bonchev–Trinajstić information content (AvgIpc) is 2.28. The molecular weight excluding hydrogens is 335 g/mol. The van der Waals surface area contributed by atoms with E-state index in [4.69, 9.17) is 20.4 Å². The summed E-state index contributed by atoms with van der Waals surface area (Å²) >= 11 is 0. The zero-order chi connectivity index (χ0) is 12.0. The Hall–Kier alpha value is -1.32. The van der Waals surface area contributed by atoms with E-state index in [9.17, 15) is 0 Å². The van der Waals surface area contributed by atoms with Gasteiger partial charge in [0.1, 0.15) is 0 Å². The predicted octanol–water partition coefficient (Wildman–Crippen LogP) is 2.19. The maximum absolute atomic E-state index is 8.67. The topological polar surface area (TPSA) is 80.9 Å². The number of phenols is 4. The standard InChI is InChI=1S/2C6H6O2.2Cu/c2*7-5-3-1-2-4-6(5)8;;/h2*1-4,7-8H;;. The molecule has 2 aromatic rings. The molecule has 4 N–H and O–H groups in total. The van der Waals surface area contributed by atoms with Crippen LogP contribution in [0.25, 0.3) is 0 Å². The van der Waals surface area contributed by atoms with Gasteiger partial charge < -0.3 is 20.4 Å². The van der Waals surface area contributed by atoms with Crippen molar-refractivity contribution in [3.05, 3.63) is 48.5 Å². The number of para-hydroxylation sites is 4. The summed E-state index contributed by atoms with van der Waals surface area (Å²) in [6, 6.07) is 12.3. The number of aromatic hydroxyl groups is 4. The molecule has 4 nitrogen and oxygen atoms in total. The smallest absolute Gasteiger partial charge is 0.157 e. The summed E-state index contributed by atoms with van der Waals surface area (Å²) < 4.78 is 0. The monoisotopic (exact) mass is 346 g/mol. The molecule has 0 heterocycles. The summed E-state index contributed by atoms with van der Waals surface area (Å²) in [5, 5.41) is 34.7. The van der Waals surface area contributed by atoms with Crippen LogP contribution in [0.2, 0.25) is 0 Å². The molecule has 0 saturated heterocycles.